The molecule has 5 heteroatoms. The molecule has 0 saturated carbocycles. The Morgan fingerprint density at radius 2 is 2.35 bits per heavy atom. The van der Waals surface area contributed by atoms with Crippen molar-refractivity contribution in [3.8, 4) is 0 Å². The fourth-order valence-electron chi connectivity index (χ4n) is 2.11. The zero-order valence-corrected chi connectivity index (χ0v) is 10.2. The summed E-state index contributed by atoms with van der Waals surface area (Å²) in [6.07, 6.45) is 1.23. The molecule has 2 heterocycles. The molecule has 94 valence electrons. The first-order valence-corrected chi connectivity index (χ1v) is 5.75. The minimum atomic E-state index is -0.346. The number of hydrogen-bond donors (Lipinski definition) is 1. The van der Waals surface area contributed by atoms with Crippen LogP contribution in [-0.4, -0.2) is 30.3 Å². The highest BCUT2D eigenvalue weighted by molar-refractivity contribution is 5.47. The van der Waals surface area contributed by atoms with Crippen molar-refractivity contribution >= 4 is 5.82 Å². The van der Waals surface area contributed by atoms with Crippen molar-refractivity contribution in [1.82, 2.24) is 4.98 Å². The molecule has 0 spiro atoms. The average molecular weight is 239 g/mol. The van der Waals surface area contributed by atoms with Gasteiger partial charge in [0.1, 0.15) is 11.6 Å². The van der Waals surface area contributed by atoms with Crippen molar-refractivity contribution in [2.75, 3.05) is 24.6 Å². The topological polar surface area (TPSA) is 51.4 Å². The van der Waals surface area contributed by atoms with Gasteiger partial charge < -0.3 is 15.4 Å². The third kappa shape index (κ3) is 2.73. The van der Waals surface area contributed by atoms with Crippen LogP contribution < -0.4 is 10.6 Å². The summed E-state index contributed by atoms with van der Waals surface area (Å²) in [6.45, 7) is 6.50. The Labute approximate surface area is 101 Å². The maximum absolute atomic E-state index is 13.1. The number of anilines is 1. The highest BCUT2D eigenvalue weighted by Crippen LogP contribution is 2.24. The van der Waals surface area contributed by atoms with E-state index in [0.29, 0.717) is 6.61 Å². The smallest absolute Gasteiger partial charge is 0.141 e. The summed E-state index contributed by atoms with van der Waals surface area (Å²) in [6, 6.07) is 1.45. The second-order valence-electron chi connectivity index (χ2n) is 4.87. The van der Waals surface area contributed by atoms with Crippen molar-refractivity contribution < 1.29 is 9.13 Å². The molecular weight excluding hydrogens is 221 g/mol. The quantitative estimate of drug-likeness (QED) is 0.845. The van der Waals surface area contributed by atoms with Gasteiger partial charge >= 0.3 is 0 Å². The van der Waals surface area contributed by atoms with E-state index in [-0.39, 0.29) is 18.0 Å². The Balaban J connectivity index is 2.27. The number of morpholine rings is 1. The van der Waals surface area contributed by atoms with Gasteiger partial charge in [0.15, 0.2) is 0 Å². The Morgan fingerprint density at radius 1 is 1.59 bits per heavy atom. The number of hydrogen-bond acceptors (Lipinski definition) is 4. The molecule has 1 aromatic heterocycles. The van der Waals surface area contributed by atoms with Gasteiger partial charge in [0.2, 0.25) is 0 Å². The monoisotopic (exact) mass is 239 g/mol. The van der Waals surface area contributed by atoms with Gasteiger partial charge in [-0.05, 0) is 19.9 Å². The number of ether oxygens (including phenoxy) is 1. The normalized spacial score (nSPS) is 19.4. The number of halogens is 1. The lowest BCUT2D eigenvalue weighted by Gasteiger charge is -2.39. The maximum atomic E-state index is 13.1. The van der Waals surface area contributed by atoms with Crippen molar-refractivity contribution in [3.63, 3.8) is 0 Å². The van der Waals surface area contributed by atoms with Crippen LogP contribution in [-0.2, 0) is 11.3 Å². The SMILES string of the molecule is CC1(C)CN(c2ncc(F)cc2CN)CCO1. The van der Waals surface area contributed by atoms with E-state index in [9.17, 15) is 4.39 Å². The van der Waals surface area contributed by atoms with Crippen molar-refractivity contribution in [1.29, 1.82) is 0 Å². The van der Waals surface area contributed by atoms with E-state index in [1.165, 1.54) is 12.3 Å². The molecule has 0 amide bonds. The van der Waals surface area contributed by atoms with Crippen LogP contribution in [0.5, 0.6) is 0 Å². The van der Waals surface area contributed by atoms with E-state index in [2.05, 4.69) is 9.88 Å². The Kier molecular flexibility index (Phi) is 3.31. The molecule has 1 aliphatic heterocycles. The zero-order chi connectivity index (χ0) is 12.5. The number of nitrogens with zero attached hydrogens (tertiary/aromatic N) is 2. The summed E-state index contributed by atoms with van der Waals surface area (Å²) >= 11 is 0. The Hall–Kier alpha value is -1.20. The van der Waals surface area contributed by atoms with E-state index in [4.69, 9.17) is 10.5 Å². The van der Waals surface area contributed by atoms with Gasteiger partial charge in [0.25, 0.3) is 0 Å². The third-order valence-electron chi connectivity index (χ3n) is 2.85. The van der Waals surface area contributed by atoms with Crippen LogP contribution >= 0.6 is 0 Å². The molecule has 0 radical (unpaired) electrons. The number of aromatic nitrogens is 1. The molecule has 0 aromatic carbocycles. The van der Waals surface area contributed by atoms with Gasteiger partial charge in [-0.3, -0.25) is 0 Å². The van der Waals surface area contributed by atoms with Gasteiger partial charge in [-0.25, -0.2) is 9.37 Å². The zero-order valence-electron chi connectivity index (χ0n) is 10.2. The predicted octanol–water partition coefficient (Wildman–Crippen LogP) is 1.29. The summed E-state index contributed by atoms with van der Waals surface area (Å²) in [5, 5.41) is 0. The molecule has 2 rings (SSSR count). The predicted molar refractivity (Wildman–Crippen MR) is 64.3 cm³/mol. The van der Waals surface area contributed by atoms with Crippen LogP contribution in [0.15, 0.2) is 12.3 Å². The molecule has 2 N–H and O–H groups in total. The first-order chi connectivity index (χ1) is 8.02. The molecule has 4 nitrogen and oxygen atoms in total. The fraction of sp³-hybridized carbons (Fsp3) is 0.583. The third-order valence-corrected chi connectivity index (χ3v) is 2.85. The van der Waals surface area contributed by atoms with E-state index < -0.39 is 0 Å². The lowest BCUT2D eigenvalue weighted by Crippen LogP contribution is -2.49. The summed E-state index contributed by atoms with van der Waals surface area (Å²) in [4.78, 5) is 6.26. The summed E-state index contributed by atoms with van der Waals surface area (Å²) in [5.74, 6) is 0.423. The summed E-state index contributed by atoms with van der Waals surface area (Å²) in [5.41, 5.74) is 6.16. The Morgan fingerprint density at radius 3 is 3.00 bits per heavy atom. The van der Waals surface area contributed by atoms with Gasteiger partial charge in [-0.2, -0.15) is 0 Å². The molecule has 17 heavy (non-hydrogen) atoms. The van der Waals surface area contributed by atoms with E-state index in [1.54, 1.807) is 0 Å². The molecule has 0 atom stereocenters. The van der Waals surface area contributed by atoms with Crippen molar-refractivity contribution in [2.24, 2.45) is 5.73 Å². The number of pyridine rings is 1. The van der Waals surface area contributed by atoms with E-state index >= 15 is 0 Å². The van der Waals surface area contributed by atoms with Gasteiger partial charge in [-0.1, -0.05) is 0 Å². The largest absolute Gasteiger partial charge is 0.372 e. The van der Waals surface area contributed by atoms with Crippen LogP contribution in [0.1, 0.15) is 19.4 Å². The number of rotatable bonds is 2. The van der Waals surface area contributed by atoms with Crippen LogP contribution in [0.4, 0.5) is 10.2 Å². The molecule has 0 unspecified atom stereocenters. The molecule has 0 aliphatic carbocycles. The minimum absolute atomic E-state index is 0.208. The summed E-state index contributed by atoms with van der Waals surface area (Å²) in [7, 11) is 0. The standard InChI is InChI=1S/C12H18FN3O/c1-12(2)8-16(3-4-17-12)11-9(6-14)5-10(13)7-15-11/h5,7H,3-4,6,8,14H2,1-2H3. The first-order valence-electron chi connectivity index (χ1n) is 5.75. The van der Waals surface area contributed by atoms with Gasteiger partial charge in [0, 0.05) is 25.2 Å². The van der Waals surface area contributed by atoms with Crippen molar-refractivity contribution in [2.45, 2.75) is 26.0 Å². The lowest BCUT2D eigenvalue weighted by atomic mass is 10.1. The van der Waals surface area contributed by atoms with Gasteiger partial charge in [0.05, 0.1) is 18.4 Å². The first kappa shape index (κ1) is 12.3. The second-order valence-corrected chi connectivity index (χ2v) is 4.87. The van der Waals surface area contributed by atoms with E-state index in [1.807, 2.05) is 13.8 Å². The van der Waals surface area contributed by atoms with Crippen LogP contribution in [0.3, 0.4) is 0 Å². The van der Waals surface area contributed by atoms with E-state index in [0.717, 1.165) is 24.5 Å². The van der Waals surface area contributed by atoms with Crippen LogP contribution in [0.25, 0.3) is 0 Å². The van der Waals surface area contributed by atoms with Crippen LogP contribution in [0, 0.1) is 5.82 Å². The molecule has 1 fully saturated rings. The fourth-order valence-corrected chi connectivity index (χ4v) is 2.11. The summed E-state index contributed by atoms with van der Waals surface area (Å²) < 4.78 is 18.7. The average Bonchev–Trinajstić information content (AvgIpc) is 2.27. The van der Waals surface area contributed by atoms with Crippen molar-refractivity contribution in [3.05, 3.63) is 23.6 Å². The highest BCUT2D eigenvalue weighted by Gasteiger charge is 2.28. The van der Waals surface area contributed by atoms with Gasteiger partial charge in [-0.15, -0.1) is 0 Å². The number of nitrogens with two attached hydrogens (primary N) is 1. The molecule has 1 aliphatic rings. The molecule has 0 bridgehead atoms. The molecule has 1 saturated heterocycles. The minimum Gasteiger partial charge on any atom is -0.372 e. The Bertz CT molecular complexity index is 409. The molecular formula is C12H18FN3O. The van der Waals surface area contributed by atoms with Crippen LogP contribution in [0.2, 0.25) is 0 Å². The highest BCUT2D eigenvalue weighted by atomic mass is 19.1. The molecule has 1 aromatic rings. The maximum Gasteiger partial charge on any atom is 0.141 e. The lowest BCUT2D eigenvalue weighted by molar-refractivity contribution is -0.0279. The second kappa shape index (κ2) is 4.58.